The Labute approximate surface area is 134 Å². The molecular weight excluding hydrogens is 278 g/mol. The Morgan fingerprint density at radius 2 is 2.14 bits per heavy atom. The summed E-state index contributed by atoms with van der Waals surface area (Å²) in [6.45, 7) is 9.79. The van der Waals surface area contributed by atoms with E-state index in [9.17, 15) is 5.11 Å². The van der Waals surface area contributed by atoms with Gasteiger partial charge in [-0.3, -0.25) is 0 Å². The van der Waals surface area contributed by atoms with Crippen molar-refractivity contribution in [3.8, 4) is 0 Å². The Morgan fingerprint density at radius 3 is 2.73 bits per heavy atom. The summed E-state index contributed by atoms with van der Waals surface area (Å²) in [5, 5.41) is 13.8. The average Bonchev–Trinajstić information content (AvgIpc) is 3.10. The Hall–Kier alpha value is -0.160. The molecule has 4 nitrogen and oxygen atoms in total. The van der Waals surface area contributed by atoms with Gasteiger partial charge in [-0.2, -0.15) is 0 Å². The molecule has 0 spiro atoms. The van der Waals surface area contributed by atoms with E-state index in [0.717, 1.165) is 25.4 Å². The predicted octanol–water partition coefficient (Wildman–Crippen LogP) is 2.35. The van der Waals surface area contributed by atoms with Crippen LogP contribution in [-0.4, -0.2) is 49.7 Å². The molecule has 0 amide bonds. The number of nitrogens with one attached hydrogen (secondary N) is 1. The number of hydrogen-bond acceptors (Lipinski definition) is 4. The van der Waals surface area contributed by atoms with Gasteiger partial charge in [0.05, 0.1) is 25.4 Å². The molecule has 0 aromatic rings. The molecule has 4 heteroatoms. The third-order valence-electron chi connectivity index (χ3n) is 7.03. The van der Waals surface area contributed by atoms with Gasteiger partial charge in [-0.05, 0) is 48.9 Å². The summed E-state index contributed by atoms with van der Waals surface area (Å²) in [5.74, 6) is 0.836. The molecule has 1 aliphatic heterocycles. The standard InChI is InChI=1S/C18H33NO3/c1-17(2)13-6-7-18(17,3)16(9-13)19-10-14(20)11-21-12-15-5-4-8-22-15/h13-16,19-20H,4-12H2,1-3H3. The van der Waals surface area contributed by atoms with Gasteiger partial charge in [0.1, 0.15) is 0 Å². The summed E-state index contributed by atoms with van der Waals surface area (Å²) in [5.41, 5.74) is 0.794. The van der Waals surface area contributed by atoms with Crippen LogP contribution in [-0.2, 0) is 9.47 Å². The smallest absolute Gasteiger partial charge is 0.0897 e. The molecular formula is C18H33NO3. The fraction of sp³-hybridized carbons (Fsp3) is 1.00. The maximum absolute atomic E-state index is 10.1. The summed E-state index contributed by atoms with van der Waals surface area (Å²) in [6.07, 6.45) is 5.98. The van der Waals surface area contributed by atoms with Crippen LogP contribution in [0.4, 0.5) is 0 Å². The van der Waals surface area contributed by atoms with Crippen molar-refractivity contribution in [1.82, 2.24) is 5.32 Å². The van der Waals surface area contributed by atoms with E-state index in [1.165, 1.54) is 19.3 Å². The molecule has 2 aliphatic carbocycles. The second-order valence-electron chi connectivity index (χ2n) is 8.40. The van der Waals surface area contributed by atoms with E-state index in [4.69, 9.17) is 9.47 Å². The third-order valence-corrected chi connectivity index (χ3v) is 7.03. The first-order valence-corrected chi connectivity index (χ1v) is 9.04. The predicted molar refractivity (Wildman–Crippen MR) is 86.8 cm³/mol. The van der Waals surface area contributed by atoms with E-state index in [-0.39, 0.29) is 6.10 Å². The number of fused-ring (bicyclic) bond motifs is 2. The SMILES string of the molecule is CC1(C)C2CCC1(C)C(NCC(O)COCC1CCCO1)C2. The normalized spacial score (nSPS) is 41.2. The lowest BCUT2D eigenvalue weighted by Crippen LogP contribution is -2.47. The molecule has 22 heavy (non-hydrogen) atoms. The molecule has 128 valence electrons. The monoisotopic (exact) mass is 311 g/mol. The third kappa shape index (κ3) is 2.95. The highest BCUT2D eigenvalue weighted by molar-refractivity contribution is 5.13. The van der Waals surface area contributed by atoms with Gasteiger partial charge in [-0.25, -0.2) is 0 Å². The van der Waals surface area contributed by atoms with Gasteiger partial charge < -0.3 is 19.9 Å². The van der Waals surface area contributed by atoms with Crippen LogP contribution in [0.2, 0.25) is 0 Å². The number of hydrogen-bond donors (Lipinski definition) is 2. The lowest BCUT2D eigenvalue weighted by molar-refractivity contribution is -0.0183. The minimum atomic E-state index is -0.424. The molecule has 3 aliphatic rings. The van der Waals surface area contributed by atoms with E-state index in [1.807, 2.05) is 0 Å². The Morgan fingerprint density at radius 1 is 1.32 bits per heavy atom. The molecule has 5 unspecified atom stereocenters. The van der Waals surface area contributed by atoms with Crippen molar-refractivity contribution >= 4 is 0 Å². The largest absolute Gasteiger partial charge is 0.389 e. The average molecular weight is 311 g/mol. The summed E-state index contributed by atoms with van der Waals surface area (Å²) in [4.78, 5) is 0. The van der Waals surface area contributed by atoms with Crippen molar-refractivity contribution < 1.29 is 14.6 Å². The summed E-state index contributed by atoms with van der Waals surface area (Å²) in [6, 6.07) is 0.536. The van der Waals surface area contributed by atoms with E-state index in [2.05, 4.69) is 26.1 Å². The topological polar surface area (TPSA) is 50.7 Å². The Balaban J connectivity index is 1.37. The van der Waals surface area contributed by atoms with Gasteiger partial charge in [0.15, 0.2) is 0 Å². The maximum Gasteiger partial charge on any atom is 0.0897 e. The second kappa shape index (κ2) is 6.39. The number of rotatable bonds is 7. The first-order valence-electron chi connectivity index (χ1n) is 9.04. The number of aliphatic hydroxyl groups excluding tert-OH is 1. The number of aliphatic hydroxyl groups is 1. The lowest BCUT2D eigenvalue weighted by Gasteiger charge is -2.40. The lowest BCUT2D eigenvalue weighted by atomic mass is 9.69. The molecule has 0 radical (unpaired) electrons. The Kier molecular flexibility index (Phi) is 4.84. The molecule has 3 rings (SSSR count). The van der Waals surface area contributed by atoms with Crippen LogP contribution in [0.15, 0.2) is 0 Å². The van der Waals surface area contributed by atoms with Crippen LogP contribution >= 0.6 is 0 Å². The minimum Gasteiger partial charge on any atom is -0.389 e. The van der Waals surface area contributed by atoms with Gasteiger partial charge in [-0.15, -0.1) is 0 Å². The molecule has 3 fully saturated rings. The molecule has 2 bridgehead atoms. The van der Waals surface area contributed by atoms with Gasteiger partial charge in [0, 0.05) is 19.2 Å². The van der Waals surface area contributed by atoms with Gasteiger partial charge in [0.25, 0.3) is 0 Å². The highest BCUT2D eigenvalue weighted by Gasteiger charge is 2.60. The van der Waals surface area contributed by atoms with Crippen LogP contribution < -0.4 is 5.32 Å². The summed E-state index contributed by atoms with van der Waals surface area (Å²) >= 11 is 0. The molecule has 0 aromatic carbocycles. The van der Waals surface area contributed by atoms with Gasteiger partial charge in [-0.1, -0.05) is 20.8 Å². The molecule has 0 aromatic heterocycles. The van der Waals surface area contributed by atoms with E-state index in [0.29, 0.717) is 36.6 Å². The molecule has 2 saturated carbocycles. The van der Waals surface area contributed by atoms with E-state index in [1.54, 1.807) is 0 Å². The van der Waals surface area contributed by atoms with Crippen molar-refractivity contribution in [3.63, 3.8) is 0 Å². The second-order valence-corrected chi connectivity index (χ2v) is 8.40. The van der Waals surface area contributed by atoms with Crippen molar-refractivity contribution in [1.29, 1.82) is 0 Å². The van der Waals surface area contributed by atoms with Crippen LogP contribution in [0.5, 0.6) is 0 Å². The van der Waals surface area contributed by atoms with Gasteiger partial charge >= 0.3 is 0 Å². The molecule has 2 N–H and O–H groups in total. The maximum atomic E-state index is 10.1. The first-order chi connectivity index (χ1) is 10.4. The fourth-order valence-corrected chi connectivity index (χ4v) is 4.96. The quantitative estimate of drug-likeness (QED) is 0.758. The first kappa shape index (κ1) is 16.7. The minimum absolute atomic E-state index is 0.241. The zero-order chi connectivity index (χ0) is 15.8. The highest BCUT2D eigenvalue weighted by Crippen LogP contribution is 2.65. The zero-order valence-corrected chi connectivity index (χ0v) is 14.4. The zero-order valence-electron chi connectivity index (χ0n) is 14.4. The molecule has 5 atom stereocenters. The fourth-order valence-electron chi connectivity index (χ4n) is 4.96. The van der Waals surface area contributed by atoms with Crippen molar-refractivity contribution in [2.45, 2.75) is 71.1 Å². The van der Waals surface area contributed by atoms with E-state index >= 15 is 0 Å². The van der Waals surface area contributed by atoms with Crippen molar-refractivity contribution in [2.24, 2.45) is 16.7 Å². The van der Waals surface area contributed by atoms with Crippen LogP contribution in [0, 0.1) is 16.7 Å². The molecule has 1 heterocycles. The van der Waals surface area contributed by atoms with E-state index < -0.39 is 6.10 Å². The molecule has 1 saturated heterocycles. The van der Waals surface area contributed by atoms with Crippen LogP contribution in [0.3, 0.4) is 0 Å². The summed E-state index contributed by atoms with van der Waals surface area (Å²) < 4.78 is 11.1. The van der Waals surface area contributed by atoms with Crippen molar-refractivity contribution in [3.05, 3.63) is 0 Å². The van der Waals surface area contributed by atoms with Crippen LogP contribution in [0.25, 0.3) is 0 Å². The van der Waals surface area contributed by atoms with Gasteiger partial charge in [0.2, 0.25) is 0 Å². The van der Waals surface area contributed by atoms with Crippen molar-refractivity contribution in [2.75, 3.05) is 26.4 Å². The highest BCUT2D eigenvalue weighted by atomic mass is 16.5. The summed E-state index contributed by atoms with van der Waals surface area (Å²) in [7, 11) is 0. The Bertz CT molecular complexity index is 381. The van der Waals surface area contributed by atoms with Crippen LogP contribution in [0.1, 0.15) is 52.9 Å². The number of ether oxygens (including phenoxy) is 2.